The molecule has 92 valence electrons. The Bertz CT molecular complexity index is 276. The van der Waals surface area contributed by atoms with Gasteiger partial charge in [0.1, 0.15) is 6.26 Å². The van der Waals surface area contributed by atoms with Crippen LogP contribution >= 0.6 is 11.8 Å². The van der Waals surface area contributed by atoms with Crippen LogP contribution in [0.5, 0.6) is 0 Å². The minimum absolute atomic E-state index is 0.783. The highest BCUT2D eigenvalue weighted by molar-refractivity contribution is 7.99. The first-order valence-corrected chi connectivity index (χ1v) is 7.07. The molecule has 0 aliphatic carbocycles. The van der Waals surface area contributed by atoms with Gasteiger partial charge in [-0.1, -0.05) is 37.9 Å². The number of rotatable bonds is 9. The third-order valence-corrected chi connectivity index (χ3v) is 3.15. The molecule has 1 N–H and O–H groups in total. The van der Waals surface area contributed by atoms with Gasteiger partial charge in [0.05, 0.1) is 5.69 Å². The van der Waals surface area contributed by atoms with E-state index in [2.05, 4.69) is 17.2 Å². The standard InChI is InChI=1S/C12H22N2OS/c1-3-4-5-6-7-13-8-9-16-12-14-11(2)10-15-12/h10,13H,3-9H2,1-2H3. The molecule has 3 nitrogen and oxygen atoms in total. The molecule has 4 heteroatoms. The van der Waals surface area contributed by atoms with Gasteiger partial charge in [0, 0.05) is 12.3 Å². The molecule has 0 aliphatic heterocycles. The minimum Gasteiger partial charge on any atom is -0.440 e. The highest BCUT2D eigenvalue weighted by atomic mass is 32.2. The molecule has 1 aromatic rings. The Morgan fingerprint density at radius 2 is 2.19 bits per heavy atom. The van der Waals surface area contributed by atoms with Gasteiger partial charge in [-0.2, -0.15) is 0 Å². The summed E-state index contributed by atoms with van der Waals surface area (Å²) in [5.74, 6) is 1.02. The van der Waals surface area contributed by atoms with Gasteiger partial charge in [-0.15, -0.1) is 0 Å². The molecule has 1 aromatic heterocycles. The third-order valence-electron chi connectivity index (χ3n) is 2.31. The van der Waals surface area contributed by atoms with Crippen LogP contribution < -0.4 is 5.32 Å². The predicted molar refractivity (Wildman–Crippen MR) is 69.0 cm³/mol. The quantitative estimate of drug-likeness (QED) is 0.533. The maximum absolute atomic E-state index is 5.25. The maximum atomic E-state index is 5.25. The lowest BCUT2D eigenvalue weighted by atomic mass is 10.2. The van der Waals surface area contributed by atoms with E-state index in [1.807, 2.05) is 6.92 Å². The zero-order valence-electron chi connectivity index (χ0n) is 10.3. The van der Waals surface area contributed by atoms with Gasteiger partial charge >= 0.3 is 0 Å². The van der Waals surface area contributed by atoms with Crippen molar-refractivity contribution in [1.29, 1.82) is 0 Å². The van der Waals surface area contributed by atoms with E-state index in [1.165, 1.54) is 25.7 Å². The number of aromatic nitrogens is 1. The zero-order chi connectivity index (χ0) is 11.6. The van der Waals surface area contributed by atoms with E-state index >= 15 is 0 Å². The lowest BCUT2D eigenvalue weighted by Gasteiger charge is -2.02. The molecule has 0 fully saturated rings. The Morgan fingerprint density at radius 1 is 1.31 bits per heavy atom. The molecular formula is C12H22N2OS. The summed E-state index contributed by atoms with van der Waals surface area (Å²) in [6.45, 7) is 6.34. The van der Waals surface area contributed by atoms with Gasteiger partial charge in [-0.25, -0.2) is 4.98 Å². The Balaban J connectivity index is 1.88. The van der Waals surface area contributed by atoms with Crippen LogP contribution in [-0.2, 0) is 0 Å². The fourth-order valence-electron chi connectivity index (χ4n) is 1.41. The molecule has 0 saturated carbocycles. The summed E-state index contributed by atoms with van der Waals surface area (Å²) in [7, 11) is 0. The molecule has 1 heterocycles. The molecule has 0 radical (unpaired) electrons. The molecular weight excluding hydrogens is 220 g/mol. The molecule has 0 aromatic carbocycles. The first-order valence-electron chi connectivity index (χ1n) is 6.08. The van der Waals surface area contributed by atoms with E-state index in [1.54, 1.807) is 18.0 Å². The topological polar surface area (TPSA) is 38.1 Å². The summed E-state index contributed by atoms with van der Waals surface area (Å²) in [4.78, 5) is 4.24. The number of oxazole rings is 1. The zero-order valence-corrected chi connectivity index (χ0v) is 11.1. The molecule has 0 spiro atoms. The summed E-state index contributed by atoms with van der Waals surface area (Å²) >= 11 is 1.67. The summed E-state index contributed by atoms with van der Waals surface area (Å²) < 4.78 is 5.25. The van der Waals surface area contributed by atoms with Gasteiger partial charge in [-0.05, 0) is 19.9 Å². The summed E-state index contributed by atoms with van der Waals surface area (Å²) in [6, 6.07) is 0. The number of unbranched alkanes of at least 4 members (excludes halogenated alkanes) is 3. The normalized spacial score (nSPS) is 10.9. The van der Waals surface area contributed by atoms with E-state index in [4.69, 9.17) is 4.42 Å². The summed E-state index contributed by atoms with van der Waals surface area (Å²) in [6.07, 6.45) is 6.98. The molecule has 1 rings (SSSR count). The van der Waals surface area contributed by atoms with Crippen molar-refractivity contribution in [2.45, 2.75) is 44.8 Å². The summed E-state index contributed by atoms with van der Waals surface area (Å²) in [5, 5.41) is 4.21. The van der Waals surface area contributed by atoms with Gasteiger partial charge in [0.15, 0.2) is 0 Å². The average molecular weight is 242 g/mol. The first kappa shape index (κ1) is 13.6. The Morgan fingerprint density at radius 3 is 2.88 bits per heavy atom. The SMILES string of the molecule is CCCCCCNCCSc1nc(C)co1. The number of nitrogens with zero attached hydrogens (tertiary/aromatic N) is 1. The largest absolute Gasteiger partial charge is 0.440 e. The number of nitrogens with one attached hydrogen (secondary N) is 1. The Kier molecular flexibility index (Phi) is 7.34. The van der Waals surface area contributed by atoms with Crippen molar-refractivity contribution in [3.8, 4) is 0 Å². The van der Waals surface area contributed by atoms with Crippen molar-refractivity contribution < 1.29 is 4.42 Å². The number of hydrogen-bond donors (Lipinski definition) is 1. The van der Waals surface area contributed by atoms with Crippen LogP contribution in [0.1, 0.15) is 38.3 Å². The molecule has 0 amide bonds. The number of thioether (sulfide) groups is 1. The molecule has 0 atom stereocenters. The molecule has 0 bridgehead atoms. The van der Waals surface area contributed by atoms with E-state index in [-0.39, 0.29) is 0 Å². The van der Waals surface area contributed by atoms with Gasteiger partial charge in [0.25, 0.3) is 5.22 Å². The molecule has 0 saturated heterocycles. The van der Waals surface area contributed by atoms with Crippen molar-refractivity contribution in [3.63, 3.8) is 0 Å². The highest BCUT2D eigenvalue weighted by Crippen LogP contribution is 2.15. The monoisotopic (exact) mass is 242 g/mol. The number of hydrogen-bond acceptors (Lipinski definition) is 4. The maximum Gasteiger partial charge on any atom is 0.255 e. The lowest BCUT2D eigenvalue weighted by molar-refractivity contribution is 0.454. The average Bonchev–Trinajstić information content (AvgIpc) is 2.68. The van der Waals surface area contributed by atoms with Crippen molar-refractivity contribution >= 4 is 11.8 Å². The van der Waals surface area contributed by atoms with Crippen LogP contribution in [0.4, 0.5) is 0 Å². The van der Waals surface area contributed by atoms with Crippen molar-refractivity contribution in [3.05, 3.63) is 12.0 Å². The van der Waals surface area contributed by atoms with Crippen LogP contribution in [0.2, 0.25) is 0 Å². The summed E-state index contributed by atoms with van der Waals surface area (Å²) in [5.41, 5.74) is 0.954. The lowest BCUT2D eigenvalue weighted by Crippen LogP contribution is -2.18. The molecule has 0 aliphatic rings. The van der Waals surface area contributed by atoms with Crippen LogP contribution in [0.3, 0.4) is 0 Å². The fraction of sp³-hybridized carbons (Fsp3) is 0.750. The highest BCUT2D eigenvalue weighted by Gasteiger charge is 1.99. The minimum atomic E-state index is 0.783. The van der Waals surface area contributed by atoms with Crippen molar-refractivity contribution in [2.24, 2.45) is 0 Å². The van der Waals surface area contributed by atoms with Crippen LogP contribution in [-0.4, -0.2) is 23.8 Å². The van der Waals surface area contributed by atoms with E-state index in [9.17, 15) is 0 Å². The number of aryl methyl sites for hydroxylation is 1. The van der Waals surface area contributed by atoms with E-state index < -0.39 is 0 Å². The van der Waals surface area contributed by atoms with Gasteiger partial charge in [-0.3, -0.25) is 0 Å². The fourth-order valence-corrected chi connectivity index (χ4v) is 2.16. The smallest absolute Gasteiger partial charge is 0.255 e. The van der Waals surface area contributed by atoms with Gasteiger partial charge < -0.3 is 9.73 Å². The Hall–Kier alpha value is -0.480. The predicted octanol–water partition coefficient (Wildman–Crippen LogP) is 3.25. The van der Waals surface area contributed by atoms with Crippen LogP contribution in [0, 0.1) is 6.92 Å². The van der Waals surface area contributed by atoms with Crippen molar-refractivity contribution in [2.75, 3.05) is 18.8 Å². The second-order valence-electron chi connectivity index (χ2n) is 3.91. The van der Waals surface area contributed by atoms with E-state index in [0.717, 1.165) is 29.8 Å². The van der Waals surface area contributed by atoms with Crippen LogP contribution in [0.15, 0.2) is 15.9 Å². The third kappa shape index (κ3) is 6.18. The first-order chi connectivity index (χ1) is 7.83. The second kappa shape index (κ2) is 8.65. The van der Waals surface area contributed by atoms with Crippen LogP contribution in [0.25, 0.3) is 0 Å². The molecule has 16 heavy (non-hydrogen) atoms. The van der Waals surface area contributed by atoms with E-state index in [0.29, 0.717) is 0 Å². The van der Waals surface area contributed by atoms with Crippen molar-refractivity contribution in [1.82, 2.24) is 10.3 Å². The Labute approximate surface area is 102 Å². The second-order valence-corrected chi connectivity index (χ2v) is 4.96. The molecule has 0 unspecified atom stereocenters. The van der Waals surface area contributed by atoms with Gasteiger partial charge in [0.2, 0.25) is 0 Å².